The number of unbranched alkanes of at least 4 members (excludes halogenated alkanes) is 1. The molecule has 1 aliphatic heterocycles. The van der Waals surface area contributed by atoms with Gasteiger partial charge in [-0.15, -0.1) is 0 Å². The van der Waals surface area contributed by atoms with Crippen LogP contribution in [0.15, 0.2) is 75.9 Å². The third-order valence-corrected chi connectivity index (χ3v) is 6.33. The topological polar surface area (TPSA) is 59.8 Å². The summed E-state index contributed by atoms with van der Waals surface area (Å²) in [7, 11) is 0. The standard InChI is InChI=1S/C29H26FNO4/c1-3-4-14-34-22-7-5-6-20(16-22)26-25-27(32)23-15-18(2)8-13-24(23)35-28(25)29(33)31(26)17-19-9-11-21(30)12-10-19/h5-13,15-16,26H,3-4,14,17H2,1-2H3. The number of hydrogen-bond acceptors (Lipinski definition) is 4. The van der Waals surface area contributed by atoms with Crippen molar-refractivity contribution in [3.8, 4) is 5.75 Å². The van der Waals surface area contributed by atoms with E-state index in [-0.39, 0.29) is 29.5 Å². The van der Waals surface area contributed by atoms with E-state index in [1.807, 2.05) is 37.3 Å². The summed E-state index contributed by atoms with van der Waals surface area (Å²) in [5, 5.41) is 0.445. The van der Waals surface area contributed by atoms with Crippen LogP contribution in [0.4, 0.5) is 4.39 Å². The summed E-state index contributed by atoms with van der Waals surface area (Å²) >= 11 is 0. The molecule has 2 heterocycles. The van der Waals surface area contributed by atoms with Crippen molar-refractivity contribution in [3.63, 3.8) is 0 Å². The number of nitrogens with zero attached hydrogens (tertiary/aromatic N) is 1. The van der Waals surface area contributed by atoms with Crippen LogP contribution in [0.3, 0.4) is 0 Å². The van der Waals surface area contributed by atoms with Crippen LogP contribution in [0.2, 0.25) is 0 Å². The zero-order valence-corrected chi connectivity index (χ0v) is 19.7. The molecule has 0 aliphatic carbocycles. The highest BCUT2D eigenvalue weighted by atomic mass is 19.1. The molecule has 1 amide bonds. The van der Waals surface area contributed by atoms with E-state index in [2.05, 4.69) is 6.92 Å². The number of aryl methyl sites for hydroxylation is 1. The molecule has 5 nitrogen and oxygen atoms in total. The number of fused-ring (bicyclic) bond motifs is 2. The molecule has 0 N–H and O–H groups in total. The number of hydrogen-bond donors (Lipinski definition) is 0. The van der Waals surface area contributed by atoms with Crippen molar-refractivity contribution in [1.29, 1.82) is 0 Å². The fourth-order valence-corrected chi connectivity index (χ4v) is 4.54. The molecule has 0 spiro atoms. The molecule has 6 heteroatoms. The first-order valence-electron chi connectivity index (χ1n) is 11.8. The zero-order chi connectivity index (χ0) is 24.5. The van der Waals surface area contributed by atoms with E-state index in [1.165, 1.54) is 12.1 Å². The van der Waals surface area contributed by atoms with Crippen LogP contribution >= 0.6 is 0 Å². The summed E-state index contributed by atoms with van der Waals surface area (Å²) in [6.07, 6.45) is 1.95. The van der Waals surface area contributed by atoms with Gasteiger partial charge >= 0.3 is 0 Å². The van der Waals surface area contributed by atoms with E-state index >= 15 is 0 Å². The van der Waals surface area contributed by atoms with Crippen molar-refractivity contribution in [2.45, 2.75) is 39.3 Å². The normalized spacial score (nSPS) is 15.0. The van der Waals surface area contributed by atoms with Gasteiger partial charge in [-0.05, 0) is 60.9 Å². The maximum Gasteiger partial charge on any atom is 0.291 e. The van der Waals surface area contributed by atoms with Crippen LogP contribution in [-0.2, 0) is 6.54 Å². The van der Waals surface area contributed by atoms with Gasteiger partial charge in [0, 0.05) is 6.54 Å². The fourth-order valence-electron chi connectivity index (χ4n) is 4.54. The van der Waals surface area contributed by atoms with Gasteiger partial charge in [0.15, 0.2) is 5.43 Å². The Bertz CT molecular complexity index is 1460. The maximum absolute atomic E-state index is 13.7. The first kappa shape index (κ1) is 22.8. The van der Waals surface area contributed by atoms with Crippen LogP contribution in [-0.4, -0.2) is 17.4 Å². The average Bonchev–Trinajstić information content (AvgIpc) is 3.13. The molecule has 1 unspecified atom stereocenters. The SMILES string of the molecule is CCCCOc1cccc(C2c3c(oc4ccc(C)cc4c3=O)C(=O)N2Cc2ccc(F)cc2)c1. The maximum atomic E-state index is 13.7. The van der Waals surface area contributed by atoms with Gasteiger partial charge < -0.3 is 14.1 Å². The van der Waals surface area contributed by atoms with Crippen molar-refractivity contribution >= 4 is 16.9 Å². The molecule has 0 saturated heterocycles. The van der Waals surface area contributed by atoms with Gasteiger partial charge in [0.2, 0.25) is 5.76 Å². The molecule has 1 aliphatic rings. The summed E-state index contributed by atoms with van der Waals surface area (Å²) in [6.45, 7) is 4.79. The predicted molar refractivity (Wildman–Crippen MR) is 132 cm³/mol. The highest BCUT2D eigenvalue weighted by molar-refractivity contribution is 5.99. The Hall–Kier alpha value is -3.93. The second-order valence-electron chi connectivity index (χ2n) is 8.91. The summed E-state index contributed by atoms with van der Waals surface area (Å²) in [5.74, 6) is 0.0123. The van der Waals surface area contributed by atoms with Gasteiger partial charge in [-0.2, -0.15) is 0 Å². The van der Waals surface area contributed by atoms with Crippen molar-refractivity contribution in [1.82, 2.24) is 4.90 Å². The predicted octanol–water partition coefficient (Wildman–Crippen LogP) is 6.16. The second kappa shape index (κ2) is 9.37. The van der Waals surface area contributed by atoms with Crippen LogP contribution in [0, 0.1) is 12.7 Å². The number of halogens is 1. The number of rotatable bonds is 7. The number of benzene rings is 3. The summed E-state index contributed by atoms with van der Waals surface area (Å²) in [6, 6.07) is 18.2. The third kappa shape index (κ3) is 4.32. The fraction of sp³-hybridized carbons (Fsp3) is 0.241. The number of ether oxygens (including phenoxy) is 1. The molecule has 1 aromatic heterocycles. The Labute approximate surface area is 202 Å². The van der Waals surface area contributed by atoms with Crippen LogP contribution in [0.5, 0.6) is 5.75 Å². The Morgan fingerprint density at radius 2 is 1.83 bits per heavy atom. The quantitative estimate of drug-likeness (QED) is 0.303. The zero-order valence-electron chi connectivity index (χ0n) is 19.7. The number of carbonyl (C=O) groups is 1. The average molecular weight is 472 g/mol. The van der Waals surface area contributed by atoms with Gasteiger partial charge in [0.1, 0.15) is 17.1 Å². The van der Waals surface area contributed by atoms with E-state index in [1.54, 1.807) is 29.2 Å². The van der Waals surface area contributed by atoms with E-state index in [4.69, 9.17) is 9.15 Å². The van der Waals surface area contributed by atoms with Gasteiger partial charge in [-0.1, -0.05) is 49.2 Å². The molecule has 5 rings (SSSR count). The van der Waals surface area contributed by atoms with Gasteiger partial charge in [0.05, 0.1) is 23.6 Å². The molecule has 4 aromatic rings. The van der Waals surface area contributed by atoms with Crippen LogP contribution in [0.1, 0.15) is 58.6 Å². The van der Waals surface area contributed by atoms with Crippen molar-refractivity contribution in [2.75, 3.05) is 6.61 Å². The lowest BCUT2D eigenvalue weighted by Crippen LogP contribution is -2.29. The second-order valence-corrected chi connectivity index (χ2v) is 8.91. The summed E-state index contributed by atoms with van der Waals surface area (Å²) < 4.78 is 25.4. The lowest BCUT2D eigenvalue weighted by molar-refractivity contribution is 0.0714. The third-order valence-electron chi connectivity index (χ3n) is 6.33. The summed E-state index contributed by atoms with van der Waals surface area (Å²) in [5.41, 5.74) is 2.92. The molecule has 3 aromatic carbocycles. The number of carbonyl (C=O) groups excluding carboxylic acids is 1. The molecule has 0 bridgehead atoms. The molecule has 35 heavy (non-hydrogen) atoms. The molecular weight excluding hydrogens is 445 g/mol. The summed E-state index contributed by atoms with van der Waals surface area (Å²) in [4.78, 5) is 28.9. The van der Waals surface area contributed by atoms with Crippen molar-refractivity contribution in [2.24, 2.45) is 0 Å². The molecule has 1 atom stereocenters. The van der Waals surface area contributed by atoms with E-state index in [0.29, 0.717) is 28.9 Å². The smallest absolute Gasteiger partial charge is 0.291 e. The Morgan fingerprint density at radius 1 is 1.03 bits per heavy atom. The minimum absolute atomic E-state index is 0.0516. The lowest BCUT2D eigenvalue weighted by atomic mass is 9.97. The Balaban J connectivity index is 1.65. The molecular formula is C29H26FNO4. The largest absolute Gasteiger partial charge is 0.494 e. The Morgan fingerprint density at radius 3 is 2.60 bits per heavy atom. The van der Waals surface area contributed by atoms with Gasteiger partial charge in [0.25, 0.3) is 5.91 Å². The molecule has 0 fully saturated rings. The number of amides is 1. The van der Waals surface area contributed by atoms with E-state index in [0.717, 1.165) is 29.5 Å². The minimum atomic E-state index is -0.654. The first-order chi connectivity index (χ1) is 17.0. The molecule has 0 saturated carbocycles. The highest BCUT2D eigenvalue weighted by Gasteiger charge is 2.42. The highest BCUT2D eigenvalue weighted by Crippen LogP contribution is 2.40. The molecule has 178 valence electrons. The van der Waals surface area contributed by atoms with Crippen molar-refractivity contribution in [3.05, 3.63) is 111 Å². The monoisotopic (exact) mass is 471 g/mol. The van der Waals surface area contributed by atoms with Gasteiger partial charge in [-0.25, -0.2) is 4.39 Å². The lowest BCUT2D eigenvalue weighted by Gasteiger charge is -2.25. The molecule has 0 radical (unpaired) electrons. The van der Waals surface area contributed by atoms with E-state index in [9.17, 15) is 14.0 Å². The minimum Gasteiger partial charge on any atom is -0.494 e. The van der Waals surface area contributed by atoms with Crippen molar-refractivity contribution < 1.29 is 18.3 Å². The van der Waals surface area contributed by atoms with Crippen LogP contribution < -0.4 is 10.2 Å². The Kier molecular flexibility index (Phi) is 6.12. The first-order valence-corrected chi connectivity index (χ1v) is 11.8. The van der Waals surface area contributed by atoms with Gasteiger partial charge in [-0.3, -0.25) is 9.59 Å². The van der Waals surface area contributed by atoms with Crippen LogP contribution in [0.25, 0.3) is 11.0 Å². The van der Waals surface area contributed by atoms with E-state index < -0.39 is 6.04 Å².